The summed E-state index contributed by atoms with van der Waals surface area (Å²) in [6.07, 6.45) is -4.81. The van der Waals surface area contributed by atoms with Crippen molar-refractivity contribution in [3.63, 3.8) is 0 Å². The van der Waals surface area contributed by atoms with Crippen molar-refractivity contribution in [2.75, 3.05) is 13.1 Å². The van der Waals surface area contributed by atoms with Crippen LogP contribution in [0.4, 0.5) is 13.2 Å². The second kappa shape index (κ2) is 6.16. The first-order chi connectivity index (χ1) is 10.2. The number of carbonyl (C=O) groups is 2. The third-order valence-corrected chi connectivity index (χ3v) is 4.08. The molecule has 120 valence electrons. The molecule has 0 radical (unpaired) electrons. The van der Waals surface area contributed by atoms with Crippen molar-refractivity contribution < 1.29 is 27.9 Å². The SMILES string of the molecule is O=C(O)[C@@H]1CN(C(=O)Cc2ccccc2Cl)C[C@H]1C(F)(F)F. The average Bonchev–Trinajstić information content (AvgIpc) is 2.86. The van der Waals surface area contributed by atoms with Gasteiger partial charge in [0.25, 0.3) is 0 Å². The second-order valence-corrected chi connectivity index (χ2v) is 5.57. The molecular formula is C14H13ClF3NO3. The van der Waals surface area contributed by atoms with Crippen molar-refractivity contribution in [2.24, 2.45) is 11.8 Å². The molecule has 1 amide bonds. The summed E-state index contributed by atoms with van der Waals surface area (Å²) in [7, 11) is 0. The van der Waals surface area contributed by atoms with Gasteiger partial charge in [-0.15, -0.1) is 0 Å². The Kier molecular flexibility index (Phi) is 4.65. The Labute approximate surface area is 129 Å². The Balaban J connectivity index is 2.12. The van der Waals surface area contributed by atoms with Crippen LogP contribution in [0, 0.1) is 11.8 Å². The molecule has 8 heteroatoms. The van der Waals surface area contributed by atoms with Crippen molar-refractivity contribution in [3.05, 3.63) is 34.9 Å². The second-order valence-electron chi connectivity index (χ2n) is 5.16. The molecule has 0 spiro atoms. The number of alkyl halides is 3. The maximum atomic E-state index is 12.9. The van der Waals surface area contributed by atoms with Gasteiger partial charge in [0, 0.05) is 18.1 Å². The zero-order valence-electron chi connectivity index (χ0n) is 11.3. The highest BCUT2D eigenvalue weighted by molar-refractivity contribution is 6.31. The first-order valence-electron chi connectivity index (χ1n) is 6.51. The molecule has 1 aromatic carbocycles. The molecule has 1 aliphatic rings. The topological polar surface area (TPSA) is 57.6 Å². The van der Waals surface area contributed by atoms with Crippen molar-refractivity contribution in [1.29, 1.82) is 0 Å². The molecule has 0 saturated carbocycles. The summed E-state index contributed by atoms with van der Waals surface area (Å²) in [6.45, 7) is -1.08. The van der Waals surface area contributed by atoms with Gasteiger partial charge in [-0.05, 0) is 11.6 Å². The standard InChI is InChI=1S/C14H13ClF3NO3/c15-11-4-2-1-3-8(11)5-12(20)19-6-9(13(21)22)10(7-19)14(16,17)18/h1-4,9-10H,5-7H2,(H,21,22)/t9-,10-/m1/s1. The molecule has 1 heterocycles. The number of halogens is 4. The van der Waals surface area contributed by atoms with Crippen LogP contribution in [0.25, 0.3) is 0 Å². The lowest BCUT2D eigenvalue weighted by molar-refractivity contribution is -0.188. The third-order valence-electron chi connectivity index (χ3n) is 3.71. The van der Waals surface area contributed by atoms with Crippen LogP contribution in [0.1, 0.15) is 5.56 Å². The van der Waals surface area contributed by atoms with Crippen molar-refractivity contribution in [2.45, 2.75) is 12.6 Å². The fourth-order valence-corrected chi connectivity index (χ4v) is 2.71. The molecule has 0 unspecified atom stereocenters. The number of likely N-dealkylation sites (tertiary alicyclic amines) is 1. The highest BCUT2D eigenvalue weighted by Gasteiger charge is 2.53. The number of carboxylic acids is 1. The monoisotopic (exact) mass is 335 g/mol. The minimum absolute atomic E-state index is 0.156. The van der Waals surface area contributed by atoms with E-state index < -0.39 is 43.0 Å². The first-order valence-corrected chi connectivity index (χ1v) is 6.88. The van der Waals surface area contributed by atoms with Crippen LogP contribution in [-0.2, 0) is 16.0 Å². The van der Waals surface area contributed by atoms with Crippen LogP contribution < -0.4 is 0 Å². The Morgan fingerprint density at radius 1 is 1.27 bits per heavy atom. The number of carbonyl (C=O) groups excluding carboxylic acids is 1. The van der Waals surface area contributed by atoms with E-state index >= 15 is 0 Å². The molecule has 1 saturated heterocycles. The maximum Gasteiger partial charge on any atom is 0.394 e. The summed E-state index contributed by atoms with van der Waals surface area (Å²) in [6, 6.07) is 6.52. The summed E-state index contributed by atoms with van der Waals surface area (Å²) in [5.41, 5.74) is 0.497. The lowest BCUT2D eigenvalue weighted by Gasteiger charge is -2.18. The summed E-state index contributed by atoms with van der Waals surface area (Å²) in [4.78, 5) is 24.0. The predicted octanol–water partition coefficient (Wildman–Crippen LogP) is 2.60. The molecule has 1 aromatic rings. The van der Waals surface area contributed by atoms with E-state index in [0.717, 1.165) is 4.90 Å². The van der Waals surface area contributed by atoms with Gasteiger partial charge in [-0.1, -0.05) is 29.8 Å². The molecule has 1 N–H and O–H groups in total. The van der Waals surface area contributed by atoms with Crippen LogP contribution in [0.15, 0.2) is 24.3 Å². The van der Waals surface area contributed by atoms with Crippen LogP contribution >= 0.6 is 11.6 Å². The molecule has 1 fully saturated rings. The minimum Gasteiger partial charge on any atom is -0.481 e. The maximum absolute atomic E-state index is 12.9. The first kappa shape index (κ1) is 16.6. The van der Waals surface area contributed by atoms with Gasteiger partial charge in [-0.25, -0.2) is 0 Å². The van der Waals surface area contributed by atoms with E-state index in [1.54, 1.807) is 24.3 Å². The molecule has 22 heavy (non-hydrogen) atoms. The lowest BCUT2D eigenvalue weighted by Crippen LogP contribution is -2.34. The smallest absolute Gasteiger partial charge is 0.394 e. The normalized spacial score (nSPS) is 21.9. The van der Waals surface area contributed by atoms with E-state index in [9.17, 15) is 22.8 Å². The number of benzene rings is 1. The summed E-state index contributed by atoms with van der Waals surface area (Å²) in [5, 5.41) is 9.27. The minimum atomic E-state index is -4.65. The van der Waals surface area contributed by atoms with Gasteiger partial charge in [0.15, 0.2) is 0 Å². The Hall–Kier alpha value is -1.76. The van der Waals surface area contributed by atoms with Crippen LogP contribution in [0.2, 0.25) is 5.02 Å². The Morgan fingerprint density at radius 3 is 2.41 bits per heavy atom. The Bertz CT molecular complexity index is 591. The van der Waals surface area contributed by atoms with Crippen LogP contribution in [0.5, 0.6) is 0 Å². The molecule has 2 atom stereocenters. The quantitative estimate of drug-likeness (QED) is 0.923. The highest BCUT2D eigenvalue weighted by Crippen LogP contribution is 2.38. The predicted molar refractivity (Wildman–Crippen MR) is 72.4 cm³/mol. The van der Waals surface area contributed by atoms with E-state index in [2.05, 4.69) is 0 Å². The molecule has 0 aromatic heterocycles. The van der Waals surface area contributed by atoms with Crippen molar-refractivity contribution in [3.8, 4) is 0 Å². The third kappa shape index (κ3) is 3.52. The molecule has 0 aliphatic carbocycles. The van der Waals surface area contributed by atoms with Crippen molar-refractivity contribution in [1.82, 2.24) is 4.90 Å². The summed E-state index contributed by atoms with van der Waals surface area (Å²) >= 11 is 5.91. The zero-order chi connectivity index (χ0) is 16.5. The number of amides is 1. The summed E-state index contributed by atoms with van der Waals surface area (Å²) < 4.78 is 38.6. The summed E-state index contributed by atoms with van der Waals surface area (Å²) in [5.74, 6) is -5.78. The molecule has 0 bridgehead atoms. The van der Waals surface area contributed by atoms with Gasteiger partial charge in [-0.3, -0.25) is 9.59 Å². The van der Waals surface area contributed by atoms with Crippen LogP contribution in [-0.4, -0.2) is 41.1 Å². The van der Waals surface area contributed by atoms with E-state index in [1.807, 2.05) is 0 Å². The van der Waals surface area contributed by atoms with E-state index in [1.165, 1.54) is 0 Å². The lowest BCUT2D eigenvalue weighted by atomic mass is 9.96. The number of hydrogen-bond donors (Lipinski definition) is 1. The number of aliphatic carboxylic acids is 1. The average molecular weight is 336 g/mol. The number of nitrogens with zero attached hydrogens (tertiary/aromatic N) is 1. The van der Waals surface area contributed by atoms with E-state index in [-0.39, 0.29) is 6.42 Å². The van der Waals surface area contributed by atoms with E-state index in [0.29, 0.717) is 10.6 Å². The van der Waals surface area contributed by atoms with Gasteiger partial charge < -0.3 is 10.0 Å². The van der Waals surface area contributed by atoms with Gasteiger partial charge in [0.05, 0.1) is 18.3 Å². The fraction of sp³-hybridized carbons (Fsp3) is 0.429. The number of hydrogen-bond acceptors (Lipinski definition) is 2. The molecular weight excluding hydrogens is 323 g/mol. The largest absolute Gasteiger partial charge is 0.481 e. The van der Waals surface area contributed by atoms with Crippen molar-refractivity contribution >= 4 is 23.5 Å². The van der Waals surface area contributed by atoms with Gasteiger partial charge in [0.2, 0.25) is 5.91 Å². The van der Waals surface area contributed by atoms with Gasteiger partial charge in [-0.2, -0.15) is 13.2 Å². The van der Waals surface area contributed by atoms with E-state index in [4.69, 9.17) is 16.7 Å². The van der Waals surface area contributed by atoms with Gasteiger partial charge in [0.1, 0.15) is 0 Å². The highest BCUT2D eigenvalue weighted by atomic mass is 35.5. The zero-order valence-corrected chi connectivity index (χ0v) is 12.1. The molecule has 2 rings (SSSR count). The molecule has 4 nitrogen and oxygen atoms in total. The fourth-order valence-electron chi connectivity index (χ4n) is 2.51. The van der Waals surface area contributed by atoms with Gasteiger partial charge >= 0.3 is 12.1 Å². The number of carboxylic acid groups (broad SMARTS) is 1. The van der Waals surface area contributed by atoms with Crippen LogP contribution in [0.3, 0.4) is 0 Å². The molecule has 1 aliphatic heterocycles. The number of rotatable bonds is 3. The Morgan fingerprint density at radius 2 is 1.91 bits per heavy atom.